The Morgan fingerprint density at radius 1 is 1.47 bits per heavy atom. The van der Waals surface area contributed by atoms with Crippen LogP contribution in [0.2, 0.25) is 0 Å². The van der Waals surface area contributed by atoms with E-state index in [0.29, 0.717) is 18.5 Å². The number of amides is 1. The van der Waals surface area contributed by atoms with Crippen LogP contribution in [0.1, 0.15) is 18.0 Å². The van der Waals surface area contributed by atoms with Crippen molar-refractivity contribution in [1.82, 2.24) is 4.90 Å². The van der Waals surface area contributed by atoms with E-state index in [2.05, 4.69) is 0 Å². The lowest BCUT2D eigenvalue weighted by Crippen LogP contribution is -2.29. The van der Waals surface area contributed by atoms with Gasteiger partial charge in [-0.1, -0.05) is 18.2 Å². The molecule has 0 aromatic heterocycles. The van der Waals surface area contributed by atoms with Gasteiger partial charge in [0.25, 0.3) is 0 Å². The molecule has 1 N–H and O–H groups in total. The number of nitrogens with zero attached hydrogens (tertiary/aromatic N) is 1. The molecule has 0 saturated carbocycles. The number of carbonyl (C=O) groups is 1. The van der Waals surface area contributed by atoms with Crippen molar-refractivity contribution in [2.45, 2.75) is 12.5 Å². The highest BCUT2D eigenvalue weighted by atomic mass is 19.1. The van der Waals surface area contributed by atoms with Gasteiger partial charge in [-0.25, -0.2) is 9.18 Å². The third-order valence-corrected chi connectivity index (χ3v) is 2.80. The predicted octanol–water partition coefficient (Wildman–Crippen LogP) is 1.70. The van der Waals surface area contributed by atoms with Gasteiger partial charge in [0.1, 0.15) is 12.4 Å². The smallest absolute Gasteiger partial charge is 0.410 e. The molecule has 1 heterocycles. The Morgan fingerprint density at radius 3 is 2.94 bits per heavy atom. The number of aliphatic hydroxyl groups is 1. The summed E-state index contributed by atoms with van der Waals surface area (Å²) in [6.45, 7) is 0.521. The summed E-state index contributed by atoms with van der Waals surface area (Å²) in [5.74, 6) is -0.343. The SMILES string of the molecule is O=C1OCC(c2ccccc2F)N1CCCO. The molecule has 1 saturated heterocycles. The number of ether oxygens (including phenoxy) is 1. The summed E-state index contributed by atoms with van der Waals surface area (Å²) in [5, 5.41) is 8.77. The van der Waals surface area contributed by atoms with Crippen molar-refractivity contribution >= 4 is 6.09 Å². The van der Waals surface area contributed by atoms with Crippen molar-refractivity contribution < 1.29 is 19.0 Å². The van der Waals surface area contributed by atoms with Crippen molar-refractivity contribution in [1.29, 1.82) is 0 Å². The van der Waals surface area contributed by atoms with Crippen LogP contribution >= 0.6 is 0 Å². The summed E-state index contributed by atoms with van der Waals surface area (Å²) in [7, 11) is 0. The molecule has 5 heteroatoms. The lowest BCUT2D eigenvalue weighted by molar-refractivity contribution is 0.154. The van der Waals surface area contributed by atoms with Gasteiger partial charge in [0.15, 0.2) is 0 Å². The van der Waals surface area contributed by atoms with Crippen molar-refractivity contribution in [3.05, 3.63) is 35.6 Å². The molecule has 17 heavy (non-hydrogen) atoms. The maximum atomic E-state index is 13.6. The molecule has 2 rings (SSSR count). The zero-order valence-corrected chi connectivity index (χ0v) is 9.30. The van der Waals surface area contributed by atoms with Gasteiger partial charge in [-0.05, 0) is 12.5 Å². The topological polar surface area (TPSA) is 49.8 Å². The first-order valence-corrected chi connectivity index (χ1v) is 5.52. The van der Waals surface area contributed by atoms with Crippen LogP contribution in [0.25, 0.3) is 0 Å². The molecule has 0 aliphatic carbocycles. The third-order valence-electron chi connectivity index (χ3n) is 2.80. The van der Waals surface area contributed by atoms with Crippen molar-refractivity contribution in [2.75, 3.05) is 19.8 Å². The molecule has 1 unspecified atom stereocenters. The van der Waals surface area contributed by atoms with Crippen molar-refractivity contribution in [3.8, 4) is 0 Å². The predicted molar refractivity (Wildman–Crippen MR) is 58.9 cm³/mol. The number of aliphatic hydroxyl groups excluding tert-OH is 1. The standard InChI is InChI=1S/C12H14FNO3/c13-10-5-2-1-4-9(10)11-8-17-12(16)14(11)6-3-7-15/h1-2,4-5,11,15H,3,6-8H2. The highest BCUT2D eigenvalue weighted by Gasteiger charge is 2.34. The molecule has 4 nitrogen and oxygen atoms in total. The molecule has 1 aromatic rings. The van der Waals surface area contributed by atoms with E-state index >= 15 is 0 Å². The largest absolute Gasteiger partial charge is 0.447 e. The Kier molecular flexibility index (Phi) is 3.58. The fourth-order valence-electron chi connectivity index (χ4n) is 1.94. The van der Waals surface area contributed by atoms with Gasteiger partial charge in [0.05, 0.1) is 6.04 Å². The number of rotatable bonds is 4. The molecule has 0 bridgehead atoms. The Labute approximate surface area is 98.6 Å². The summed E-state index contributed by atoms with van der Waals surface area (Å²) >= 11 is 0. The molecule has 1 aliphatic rings. The zero-order valence-electron chi connectivity index (χ0n) is 9.30. The number of hydrogen-bond donors (Lipinski definition) is 1. The van der Waals surface area contributed by atoms with Gasteiger partial charge in [-0.3, -0.25) is 4.90 Å². The van der Waals surface area contributed by atoms with Crippen molar-refractivity contribution in [2.24, 2.45) is 0 Å². The maximum Gasteiger partial charge on any atom is 0.410 e. The minimum Gasteiger partial charge on any atom is -0.447 e. The first-order valence-electron chi connectivity index (χ1n) is 5.52. The fourth-order valence-corrected chi connectivity index (χ4v) is 1.94. The van der Waals surface area contributed by atoms with E-state index in [0.717, 1.165) is 0 Å². The third kappa shape index (κ3) is 2.39. The first-order chi connectivity index (χ1) is 8.24. The van der Waals surface area contributed by atoms with Crippen molar-refractivity contribution in [3.63, 3.8) is 0 Å². The number of benzene rings is 1. The van der Waals surface area contributed by atoms with Crippen LogP contribution in [0.15, 0.2) is 24.3 Å². The normalized spacial score (nSPS) is 19.5. The molecule has 1 amide bonds. The first kappa shape index (κ1) is 11.9. The molecule has 1 aliphatic heterocycles. The minimum absolute atomic E-state index is 0.00618. The number of cyclic esters (lactones) is 1. The summed E-state index contributed by atoms with van der Waals surface area (Å²) in [5.41, 5.74) is 0.455. The molecule has 1 aromatic carbocycles. The molecule has 1 fully saturated rings. The Hall–Kier alpha value is -1.62. The summed E-state index contributed by atoms with van der Waals surface area (Å²) in [6, 6.07) is 5.95. The zero-order chi connectivity index (χ0) is 12.3. The van der Waals surface area contributed by atoms with E-state index in [1.807, 2.05) is 0 Å². The lowest BCUT2D eigenvalue weighted by Gasteiger charge is -2.21. The van der Waals surface area contributed by atoms with Gasteiger partial charge in [-0.15, -0.1) is 0 Å². The molecule has 1 atom stereocenters. The summed E-state index contributed by atoms with van der Waals surface area (Å²) in [4.78, 5) is 12.9. The quantitative estimate of drug-likeness (QED) is 0.870. The lowest BCUT2D eigenvalue weighted by atomic mass is 10.1. The van der Waals surface area contributed by atoms with Crippen LogP contribution in [0.5, 0.6) is 0 Å². The number of halogens is 1. The maximum absolute atomic E-state index is 13.6. The van der Waals surface area contributed by atoms with Crippen LogP contribution in [-0.2, 0) is 4.74 Å². The van der Waals surface area contributed by atoms with Gasteiger partial charge in [0, 0.05) is 18.7 Å². The number of hydrogen-bond acceptors (Lipinski definition) is 3. The highest BCUT2D eigenvalue weighted by molar-refractivity contribution is 5.70. The second-order valence-electron chi connectivity index (χ2n) is 3.88. The second kappa shape index (κ2) is 5.14. The van der Waals surface area contributed by atoms with E-state index in [-0.39, 0.29) is 19.0 Å². The molecule has 92 valence electrons. The fraction of sp³-hybridized carbons (Fsp3) is 0.417. The minimum atomic E-state index is -0.452. The van der Waals surface area contributed by atoms with Crippen LogP contribution in [0, 0.1) is 5.82 Å². The van der Waals surface area contributed by atoms with Gasteiger partial charge in [0.2, 0.25) is 0 Å². The Bertz CT molecular complexity index is 410. The highest BCUT2D eigenvalue weighted by Crippen LogP contribution is 2.29. The molecule has 0 radical (unpaired) electrons. The average Bonchev–Trinajstić information content (AvgIpc) is 2.69. The Balaban J connectivity index is 2.19. The van der Waals surface area contributed by atoms with E-state index in [4.69, 9.17) is 9.84 Å². The van der Waals surface area contributed by atoms with Crippen LogP contribution in [-0.4, -0.2) is 35.9 Å². The van der Waals surface area contributed by atoms with E-state index in [1.54, 1.807) is 18.2 Å². The summed E-state index contributed by atoms with van der Waals surface area (Å²) in [6.07, 6.45) is 0.00626. The molecular weight excluding hydrogens is 225 g/mol. The van der Waals surface area contributed by atoms with Crippen LogP contribution in [0.4, 0.5) is 9.18 Å². The van der Waals surface area contributed by atoms with E-state index in [9.17, 15) is 9.18 Å². The van der Waals surface area contributed by atoms with Crippen LogP contribution < -0.4 is 0 Å². The monoisotopic (exact) mass is 239 g/mol. The average molecular weight is 239 g/mol. The Morgan fingerprint density at radius 2 is 2.24 bits per heavy atom. The number of carbonyl (C=O) groups excluding carboxylic acids is 1. The van der Waals surface area contributed by atoms with Gasteiger partial charge < -0.3 is 9.84 Å². The van der Waals surface area contributed by atoms with Crippen LogP contribution in [0.3, 0.4) is 0 Å². The molecule has 0 spiro atoms. The van der Waals surface area contributed by atoms with E-state index in [1.165, 1.54) is 11.0 Å². The van der Waals surface area contributed by atoms with E-state index < -0.39 is 12.1 Å². The second-order valence-corrected chi connectivity index (χ2v) is 3.88. The summed E-state index contributed by atoms with van der Waals surface area (Å²) < 4.78 is 18.5. The molecular formula is C12H14FNO3. The van der Waals surface area contributed by atoms with Gasteiger partial charge in [-0.2, -0.15) is 0 Å². The van der Waals surface area contributed by atoms with Gasteiger partial charge >= 0.3 is 6.09 Å².